The monoisotopic (exact) mass is 493 g/mol. The first-order valence-electron chi connectivity index (χ1n) is 12.0. The third-order valence-corrected chi connectivity index (χ3v) is 7.85. The molecule has 7 heteroatoms. The highest BCUT2D eigenvalue weighted by atomic mass is 35.5. The van der Waals surface area contributed by atoms with Gasteiger partial charge in [-0.05, 0) is 79.9 Å². The van der Waals surface area contributed by atoms with Crippen LogP contribution >= 0.6 is 23.8 Å². The molecule has 0 spiro atoms. The third-order valence-electron chi connectivity index (χ3n) is 7.23. The second kappa shape index (κ2) is 9.23. The van der Waals surface area contributed by atoms with Gasteiger partial charge >= 0.3 is 0 Å². The van der Waals surface area contributed by atoms with E-state index in [4.69, 9.17) is 23.8 Å². The number of pyridine rings is 1. The fourth-order valence-electron chi connectivity index (χ4n) is 5.63. The zero-order valence-corrected chi connectivity index (χ0v) is 21.8. The van der Waals surface area contributed by atoms with Gasteiger partial charge in [-0.15, -0.1) is 0 Å². The lowest BCUT2D eigenvalue weighted by molar-refractivity contribution is 0.357. The summed E-state index contributed by atoms with van der Waals surface area (Å²) in [5.74, 6) is 1.33. The highest BCUT2D eigenvalue weighted by Gasteiger charge is 2.42. The van der Waals surface area contributed by atoms with E-state index in [1.165, 1.54) is 17.8 Å². The van der Waals surface area contributed by atoms with Crippen molar-refractivity contribution in [2.75, 3.05) is 22.9 Å². The SMILES string of the molecule is Cc1ccc(C2C(c3ccccn3)NC(=S)N2c2ccc(N3CC(C)CC(C)C3)c(Cl)c2)n1C. The zero-order valence-electron chi connectivity index (χ0n) is 20.2. The molecule has 1 N–H and O–H groups in total. The quantitative estimate of drug-likeness (QED) is 0.448. The van der Waals surface area contributed by atoms with Crippen molar-refractivity contribution in [1.29, 1.82) is 0 Å². The van der Waals surface area contributed by atoms with E-state index in [2.05, 4.69) is 88.9 Å². The van der Waals surface area contributed by atoms with Gasteiger partial charge in [0.05, 0.1) is 22.4 Å². The highest BCUT2D eigenvalue weighted by molar-refractivity contribution is 7.80. The Bertz CT molecular complexity index is 1180. The number of aromatic nitrogens is 2. The van der Waals surface area contributed by atoms with E-state index in [1.807, 2.05) is 18.3 Å². The predicted octanol–water partition coefficient (Wildman–Crippen LogP) is 6.04. The molecule has 2 saturated heterocycles. The van der Waals surface area contributed by atoms with Gasteiger partial charge in [-0.1, -0.05) is 31.5 Å². The topological polar surface area (TPSA) is 36.3 Å². The summed E-state index contributed by atoms with van der Waals surface area (Å²) in [7, 11) is 2.11. The van der Waals surface area contributed by atoms with Crippen molar-refractivity contribution in [2.45, 2.75) is 39.3 Å². The maximum atomic E-state index is 6.92. The Balaban J connectivity index is 1.54. The number of thiocarbonyl (C=S) groups is 1. The minimum atomic E-state index is -0.0658. The molecule has 34 heavy (non-hydrogen) atoms. The summed E-state index contributed by atoms with van der Waals surface area (Å²) in [6, 6.07) is 16.6. The molecule has 4 unspecified atom stereocenters. The predicted molar refractivity (Wildman–Crippen MR) is 145 cm³/mol. The average Bonchev–Trinajstić information content (AvgIpc) is 3.32. The lowest BCUT2D eigenvalue weighted by atomic mass is 9.91. The number of hydrogen-bond donors (Lipinski definition) is 1. The highest BCUT2D eigenvalue weighted by Crippen LogP contribution is 2.43. The van der Waals surface area contributed by atoms with E-state index in [9.17, 15) is 0 Å². The van der Waals surface area contributed by atoms with Crippen LogP contribution in [0.5, 0.6) is 0 Å². The van der Waals surface area contributed by atoms with Crippen LogP contribution < -0.4 is 15.1 Å². The van der Waals surface area contributed by atoms with Crippen LogP contribution in [0, 0.1) is 18.8 Å². The number of benzene rings is 1. The van der Waals surface area contributed by atoms with Gasteiger partial charge in [-0.3, -0.25) is 4.98 Å². The molecular formula is C27H32ClN5S. The fraction of sp³-hybridized carbons (Fsp3) is 0.407. The van der Waals surface area contributed by atoms with Gasteiger partial charge in [0.15, 0.2) is 5.11 Å². The standard InChI is InChI=1S/C27H32ClN5S/c1-17-13-18(2)16-32(15-17)23-11-9-20(14-21(23)28)33-26(24-10-8-19(3)31(24)4)25(30-27(33)34)22-7-5-6-12-29-22/h5-12,14,17-18,25-26H,13,15-16H2,1-4H3,(H,30,34). The molecule has 4 atom stereocenters. The number of hydrogen-bond acceptors (Lipinski definition) is 3. The second-order valence-corrected chi connectivity index (χ2v) is 10.7. The summed E-state index contributed by atoms with van der Waals surface area (Å²) in [6.45, 7) is 8.85. The maximum Gasteiger partial charge on any atom is 0.174 e. The Morgan fingerprint density at radius 2 is 1.82 bits per heavy atom. The summed E-state index contributed by atoms with van der Waals surface area (Å²) in [6.07, 6.45) is 3.11. The molecule has 3 aromatic rings. The van der Waals surface area contributed by atoms with Gasteiger partial charge < -0.3 is 19.7 Å². The fourth-order valence-corrected chi connectivity index (χ4v) is 6.27. The van der Waals surface area contributed by atoms with Crippen LogP contribution in [0.15, 0.2) is 54.7 Å². The van der Waals surface area contributed by atoms with Gasteiger partial charge in [0, 0.05) is 43.4 Å². The van der Waals surface area contributed by atoms with Gasteiger partial charge in [0.25, 0.3) is 0 Å². The van der Waals surface area contributed by atoms with Crippen LogP contribution in [-0.4, -0.2) is 27.8 Å². The first-order valence-corrected chi connectivity index (χ1v) is 12.8. The number of nitrogens with zero attached hydrogens (tertiary/aromatic N) is 4. The number of halogens is 1. The van der Waals surface area contributed by atoms with Crippen LogP contribution in [0.1, 0.15) is 49.4 Å². The van der Waals surface area contributed by atoms with Crippen molar-refractivity contribution in [1.82, 2.24) is 14.9 Å². The molecule has 2 aliphatic rings. The molecule has 0 amide bonds. The number of nitrogens with one attached hydrogen (secondary N) is 1. The first-order chi connectivity index (χ1) is 16.3. The normalized spacial score (nSPS) is 25.0. The summed E-state index contributed by atoms with van der Waals surface area (Å²) in [5.41, 5.74) is 5.45. The molecule has 4 heterocycles. The van der Waals surface area contributed by atoms with Crippen LogP contribution in [-0.2, 0) is 7.05 Å². The molecule has 0 bridgehead atoms. The summed E-state index contributed by atoms with van der Waals surface area (Å²) < 4.78 is 2.23. The molecule has 5 rings (SSSR count). The smallest absolute Gasteiger partial charge is 0.174 e. The molecule has 178 valence electrons. The molecule has 2 aromatic heterocycles. The minimum Gasteiger partial charge on any atom is -0.370 e. The Hall–Kier alpha value is -2.57. The Morgan fingerprint density at radius 1 is 1.06 bits per heavy atom. The van der Waals surface area contributed by atoms with Crippen LogP contribution in [0.2, 0.25) is 5.02 Å². The van der Waals surface area contributed by atoms with Crippen molar-refractivity contribution in [3.05, 3.63) is 76.8 Å². The number of aryl methyl sites for hydroxylation is 1. The van der Waals surface area contributed by atoms with Crippen molar-refractivity contribution in [3.8, 4) is 0 Å². The summed E-state index contributed by atoms with van der Waals surface area (Å²) in [5, 5.41) is 4.99. The summed E-state index contributed by atoms with van der Waals surface area (Å²) in [4.78, 5) is 9.28. The molecule has 1 aromatic carbocycles. The maximum absolute atomic E-state index is 6.92. The third kappa shape index (κ3) is 4.18. The summed E-state index contributed by atoms with van der Waals surface area (Å²) >= 11 is 12.8. The van der Waals surface area contributed by atoms with Crippen molar-refractivity contribution >= 4 is 40.3 Å². The zero-order chi connectivity index (χ0) is 24.0. The van der Waals surface area contributed by atoms with E-state index in [-0.39, 0.29) is 12.1 Å². The minimum absolute atomic E-state index is 0.0435. The van der Waals surface area contributed by atoms with Gasteiger partial charge in [0.2, 0.25) is 0 Å². The number of rotatable bonds is 4. The Morgan fingerprint density at radius 3 is 2.44 bits per heavy atom. The van der Waals surface area contributed by atoms with Crippen LogP contribution in [0.4, 0.5) is 11.4 Å². The van der Waals surface area contributed by atoms with Gasteiger partial charge in [-0.25, -0.2) is 0 Å². The van der Waals surface area contributed by atoms with Crippen LogP contribution in [0.25, 0.3) is 0 Å². The van der Waals surface area contributed by atoms with Crippen molar-refractivity contribution in [3.63, 3.8) is 0 Å². The number of anilines is 2. The second-order valence-electron chi connectivity index (χ2n) is 9.94. The Labute approximate surface area is 212 Å². The van der Waals surface area contributed by atoms with Crippen molar-refractivity contribution in [2.24, 2.45) is 18.9 Å². The molecule has 0 saturated carbocycles. The van der Waals surface area contributed by atoms with Crippen LogP contribution in [0.3, 0.4) is 0 Å². The van der Waals surface area contributed by atoms with E-state index in [1.54, 1.807) is 0 Å². The van der Waals surface area contributed by atoms with E-state index in [0.29, 0.717) is 16.9 Å². The number of piperidine rings is 1. The lowest BCUT2D eigenvalue weighted by Crippen LogP contribution is -2.38. The molecule has 0 radical (unpaired) electrons. The lowest BCUT2D eigenvalue weighted by Gasteiger charge is -2.37. The van der Waals surface area contributed by atoms with E-state index >= 15 is 0 Å². The average molecular weight is 494 g/mol. The van der Waals surface area contributed by atoms with E-state index < -0.39 is 0 Å². The molecular weight excluding hydrogens is 462 g/mol. The molecule has 2 fully saturated rings. The van der Waals surface area contributed by atoms with Gasteiger partial charge in [-0.2, -0.15) is 0 Å². The van der Waals surface area contributed by atoms with Crippen molar-refractivity contribution < 1.29 is 0 Å². The first kappa shape index (κ1) is 23.2. The Kier molecular flexibility index (Phi) is 6.30. The van der Waals surface area contributed by atoms with E-state index in [0.717, 1.165) is 35.2 Å². The molecule has 2 aliphatic heterocycles. The largest absolute Gasteiger partial charge is 0.370 e. The van der Waals surface area contributed by atoms with Gasteiger partial charge in [0.1, 0.15) is 6.04 Å². The molecule has 5 nitrogen and oxygen atoms in total. The molecule has 0 aliphatic carbocycles.